The van der Waals surface area contributed by atoms with Gasteiger partial charge in [0.2, 0.25) is 0 Å². The van der Waals surface area contributed by atoms with E-state index >= 15 is 0 Å². The molecule has 0 aliphatic carbocycles. The fraction of sp³-hybridized carbons (Fsp3) is 0.200. The van der Waals surface area contributed by atoms with Crippen LogP contribution in [0.25, 0.3) is 0 Å². The van der Waals surface area contributed by atoms with Gasteiger partial charge in [0.05, 0.1) is 11.1 Å². The van der Waals surface area contributed by atoms with E-state index in [1.54, 1.807) is 0 Å². The number of rotatable bonds is 5. The maximum atomic E-state index is 11.9. The lowest BCUT2D eigenvalue weighted by atomic mass is 10.1. The standard InChI is InChI=1S/C15H14Cl2N2O2/c16-11-6-7-13(17)19-14(11)15(21)18-9-8-12(20)10-4-2-1-3-5-10/h1-7,12,20H,8-9H2,(H,18,21). The van der Waals surface area contributed by atoms with E-state index in [-0.39, 0.29) is 15.9 Å². The van der Waals surface area contributed by atoms with Crippen molar-refractivity contribution in [2.24, 2.45) is 0 Å². The smallest absolute Gasteiger partial charge is 0.271 e. The van der Waals surface area contributed by atoms with Crippen molar-refractivity contribution in [3.05, 3.63) is 63.9 Å². The summed E-state index contributed by atoms with van der Waals surface area (Å²) in [5, 5.41) is 13.1. The van der Waals surface area contributed by atoms with Gasteiger partial charge in [0.25, 0.3) is 5.91 Å². The molecule has 0 radical (unpaired) electrons. The minimum atomic E-state index is -0.630. The van der Waals surface area contributed by atoms with Gasteiger partial charge in [-0.1, -0.05) is 53.5 Å². The number of aromatic nitrogens is 1. The first-order valence-corrected chi connectivity index (χ1v) is 7.17. The number of carbonyl (C=O) groups is 1. The molecule has 4 nitrogen and oxygen atoms in total. The van der Waals surface area contributed by atoms with E-state index < -0.39 is 12.0 Å². The van der Waals surface area contributed by atoms with Crippen LogP contribution in [0.4, 0.5) is 0 Å². The van der Waals surface area contributed by atoms with Gasteiger partial charge in [-0.3, -0.25) is 4.79 Å². The first-order valence-electron chi connectivity index (χ1n) is 6.41. The van der Waals surface area contributed by atoms with E-state index in [2.05, 4.69) is 10.3 Å². The summed E-state index contributed by atoms with van der Waals surface area (Å²) in [4.78, 5) is 15.8. The molecule has 0 spiro atoms. The first kappa shape index (κ1) is 15.8. The number of hydrogen-bond donors (Lipinski definition) is 2. The Morgan fingerprint density at radius 1 is 1.19 bits per heavy atom. The normalized spacial score (nSPS) is 12.0. The molecule has 2 aromatic rings. The lowest BCUT2D eigenvalue weighted by molar-refractivity contribution is 0.0938. The van der Waals surface area contributed by atoms with Gasteiger partial charge in [-0.2, -0.15) is 0 Å². The molecule has 1 aromatic heterocycles. The lowest BCUT2D eigenvalue weighted by Crippen LogP contribution is -2.26. The highest BCUT2D eigenvalue weighted by molar-refractivity contribution is 6.34. The summed E-state index contributed by atoms with van der Waals surface area (Å²) in [6.45, 7) is 0.305. The average molecular weight is 325 g/mol. The first-order chi connectivity index (χ1) is 10.1. The second kappa shape index (κ2) is 7.41. The second-order valence-corrected chi connectivity index (χ2v) is 5.23. The van der Waals surface area contributed by atoms with Gasteiger partial charge >= 0.3 is 0 Å². The molecule has 0 aliphatic heterocycles. The third-order valence-electron chi connectivity index (χ3n) is 2.91. The molecule has 0 saturated heterocycles. The number of aliphatic hydroxyl groups is 1. The molecule has 0 aliphatic rings. The molecule has 2 N–H and O–H groups in total. The van der Waals surface area contributed by atoms with Crippen LogP contribution in [0.2, 0.25) is 10.2 Å². The molecule has 6 heteroatoms. The Morgan fingerprint density at radius 2 is 1.90 bits per heavy atom. The van der Waals surface area contributed by atoms with Gasteiger partial charge in [-0.15, -0.1) is 0 Å². The Balaban J connectivity index is 1.88. The van der Waals surface area contributed by atoms with E-state index in [0.717, 1.165) is 5.56 Å². The Morgan fingerprint density at radius 3 is 2.62 bits per heavy atom. The summed E-state index contributed by atoms with van der Waals surface area (Å²) in [5.41, 5.74) is 0.893. The number of aliphatic hydroxyl groups excluding tert-OH is 1. The number of halogens is 2. The molecule has 110 valence electrons. The minimum Gasteiger partial charge on any atom is -0.388 e. The molecule has 0 bridgehead atoms. The van der Waals surface area contributed by atoms with Crippen LogP contribution in [0.3, 0.4) is 0 Å². The molecule has 0 fully saturated rings. The summed E-state index contributed by atoms with van der Waals surface area (Å²) in [5.74, 6) is -0.414. The second-order valence-electron chi connectivity index (χ2n) is 4.44. The summed E-state index contributed by atoms with van der Waals surface area (Å²) in [6, 6.07) is 12.3. The largest absolute Gasteiger partial charge is 0.388 e. The highest BCUT2D eigenvalue weighted by Gasteiger charge is 2.13. The van der Waals surface area contributed by atoms with Crippen molar-refractivity contribution >= 4 is 29.1 Å². The number of pyridine rings is 1. The fourth-order valence-electron chi connectivity index (χ4n) is 1.83. The van der Waals surface area contributed by atoms with Crippen LogP contribution >= 0.6 is 23.2 Å². The van der Waals surface area contributed by atoms with Crippen molar-refractivity contribution in [3.8, 4) is 0 Å². The maximum absolute atomic E-state index is 11.9. The molecule has 21 heavy (non-hydrogen) atoms. The summed E-state index contributed by atoms with van der Waals surface area (Å²) in [6.07, 6.45) is -0.234. The van der Waals surface area contributed by atoms with Crippen LogP contribution in [-0.4, -0.2) is 22.5 Å². The number of carbonyl (C=O) groups excluding carboxylic acids is 1. The maximum Gasteiger partial charge on any atom is 0.271 e. The zero-order valence-electron chi connectivity index (χ0n) is 11.1. The van der Waals surface area contributed by atoms with Gasteiger partial charge < -0.3 is 10.4 Å². The van der Waals surface area contributed by atoms with Crippen molar-refractivity contribution < 1.29 is 9.90 Å². The highest BCUT2D eigenvalue weighted by atomic mass is 35.5. The molecule has 1 atom stereocenters. The van der Waals surface area contributed by atoms with Crippen LogP contribution in [0.1, 0.15) is 28.6 Å². The number of amides is 1. The predicted molar refractivity (Wildman–Crippen MR) is 82.6 cm³/mol. The number of nitrogens with zero attached hydrogens (tertiary/aromatic N) is 1. The Hall–Kier alpha value is -1.62. The average Bonchev–Trinajstić information content (AvgIpc) is 2.50. The van der Waals surface area contributed by atoms with Gasteiger partial charge in [-0.25, -0.2) is 4.98 Å². The van der Waals surface area contributed by atoms with Gasteiger partial charge in [0.15, 0.2) is 0 Å². The third-order valence-corrected chi connectivity index (χ3v) is 3.43. The number of benzene rings is 1. The third kappa shape index (κ3) is 4.43. The Kier molecular flexibility index (Phi) is 5.56. The van der Waals surface area contributed by atoms with E-state index in [1.165, 1.54) is 12.1 Å². The summed E-state index contributed by atoms with van der Waals surface area (Å²) in [7, 11) is 0. The van der Waals surface area contributed by atoms with E-state index in [0.29, 0.717) is 13.0 Å². The number of nitrogens with one attached hydrogen (secondary N) is 1. The highest BCUT2D eigenvalue weighted by Crippen LogP contribution is 2.17. The zero-order chi connectivity index (χ0) is 15.2. The van der Waals surface area contributed by atoms with Crippen LogP contribution in [0, 0.1) is 0 Å². The molecule has 1 amide bonds. The molecule has 1 heterocycles. The number of hydrogen-bond acceptors (Lipinski definition) is 3. The Bertz CT molecular complexity index is 620. The minimum absolute atomic E-state index is 0.0818. The van der Waals surface area contributed by atoms with Crippen molar-refractivity contribution in [1.29, 1.82) is 0 Å². The zero-order valence-corrected chi connectivity index (χ0v) is 12.6. The van der Waals surface area contributed by atoms with E-state index in [4.69, 9.17) is 23.2 Å². The van der Waals surface area contributed by atoms with Crippen molar-refractivity contribution in [2.75, 3.05) is 6.54 Å². The van der Waals surface area contributed by atoms with E-state index in [1.807, 2.05) is 30.3 Å². The van der Waals surface area contributed by atoms with E-state index in [9.17, 15) is 9.90 Å². The summed E-state index contributed by atoms with van der Waals surface area (Å²) >= 11 is 11.6. The van der Waals surface area contributed by atoms with Gasteiger partial charge in [0.1, 0.15) is 10.8 Å². The van der Waals surface area contributed by atoms with Crippen LogP contribution in [0.5, 0.6) is 0 Å². The molecular weight excluding hydrogens is 311 g/mol. The van der Waals surface area contributed by atoms with Gasteiger partial charge in [-0.05, 0) is 24.1 Å². The summed E-state index contributed by atoms with van der Waals surface area (Å²) < 4.78 is 0. The van der Waals surface area contributed by atoms with Crippen LogP contribution in [0.15, 0.2) is 42.5 Å². The molecule has 2 rings (SSSR count). The van der Waals surface area contributed by atoms with Crippen molar-refractivity contribution in [1.82, 2.24) is 10.3 Å². The fourth-order valence-corrected chi connectivity index (χ4v) is 2.16. The van der Waals surface area contributed by atoms with Crippen molar-refractivity contribution in [3.63, 3.8) is 0 Å². The molecule has 0 saturated carbocycles. The van der Waals surface area contributed by atoms with Crippen LogP contribution < -0.4 is 5.32 Å². The predicted octanol–water partition coefficient (Wildman–Crippen LogP) is 3.24. The topological polar surface area (TPSA) is 62.2 Å². The SMILES string of the molecule is O=C(NCCC(O)c1ccccc1)c1nc(Cl)ccc1Cl. The molecule has 1 unspecified atom stereocenters. The van der Waals surface area contributed by atoms with Crippen LogP contribution in [-0.2, 0) is 0 Å². The Labute approximate surface area is 132 Å². The monoisotopic (exact) mass is 324 g/mol. The lowest BCUT2D eigenvalue weighted by Gasteiger charge is -2.11. The van der Waals surface area contributed by atoms with Gasteiger partial charge in [0, 0.05) is 6.54 Å². The quantitative estimate of drug-likeness (QED) is 0.830. The molecular formula is C15H14Cl2N2O2. The molecule has 1 aromatic carbocycles. The van der Waals surface area contributed by atoms with Crippen molar-refractivity contribution in [2.45, 2.75) is 12.5 Å².